The maximum atomic E-state index is 12.7. The second-order valence-corrected chi connectivity index (χ2v) is 8.22. The predicted molar refractivity (Wildman–Crippen MR) is 105 cm³/mol. The summed E-state index contributed by atoms with van der Waals surface area (Å²) in [5, 5.41) is 3.56. The Labute approximate surface area is 160 Å². The number of likely N-dealkylation sites (tertiary alicyclic amines) is 1. The van der Waals surface area contributed by atoms with Crippen molar-refractivity contribution in [1.82, 2.24) is 4.90 Å². The third kappa shape index (κ3) is 5.53. The Morgan fingerprint density at radius 1 is 1.23 bits per heavy atom. The summed E-state index contributed by atoms with van der Waals surface area (Å²) in [6, 6.07) is 5.43. The number of nitrogens with zero attached hydrogens (tertiary/aromatic N) is 2. The average molecular weight is 382 g/mol. The van der Waals surface area contributed by atoms with Crippen molar-refractivity contribution in [1.29, 1.82) is 0 Å². The first-order chi connectivity index (χ1) is 12.1. The molecule has 7 heteroatoms. The van der Waals surface area contributed by atoms with E-state index in [-0.39, 0.29) is 17.9 Å². The van der Waals surface area contributed by atoms with Gasteiger partial charge in [0.25, 0.3) is 0 Å². The summed E-state index contributed by atoms with van der Waals surface area (Å²) in [4.78, 5) is 28.4. The van der Waals surface area contributed by atoms with Crippen molar-refractivity contribution in [3.63, 3.8) is 0 Å². The molecule has 0 bridgehead atoms. The number of amides is 2. The summed E-state index contributed by atoms with van der Waals surface area (Å²) < 4.78 is 5.39. The zero-order valence-electron chi connectivity index (χ0n) is 16.1. The van der Waals surface area contributed by atoms with Gasteiger partial charge in [-0.05, 0) is 51.8 Å². The van der Waals surface area contributed by atoms with Gasteiger partial charge in [-0.1, -0.05) is 11.6 Å². The molecule has 0 saturated carbocycles. The molecule has 1 aromatic carbocycles. The molecule has 1 fully saturated rings. The number of carbonyl (C=O) groups excluding carboxylic acids is 2. The first-order valence-corrected chi connectivity index (χ1v) is 9.20. The van der Waals surface area contributed by atoms with E-state index in [9.17, 15) is 9.59 Å². The molecule has 0 aromatic heterocycles. The van der Waals surface area contributed by atoms with Gasteiger partial charge < -0.3 is 19.9 Å². The standard InChI is InChI=1S/C19H28ClN3O3/c1-19(2,3)26-18(25)23-10-8-13(9-11-23)17(24)21-15-12-14(20)6-7-16(15)22(4)5/h6-7,12-13H,8-11H2,1-5H3,(H,21,24). The number of rotatable bonds is 3. The molecule has 1 aliphatic rings. The van der Waals surface area contributed by atoms with Gasteiger partial charge in [-0.15, -0.1) is 0 Å². The van der Waals surface area contributed by atoms with Gasteiger partial charge >= 0.3 is 6.09 Å². The largest absolute Gasteiger partial charge is 0.444 e. The zero-order chi connectivity index (χ0) is 19.5. The van der Waals surface area contributed by atoms with E-state index < -0.39 is 5.60 Å². The minimum absolute atomic E-state index is 0.0424. The summed E-state index contributed by atoms with van der Waals surface area (Å²) in [6.45, 7) is 6.57. The molecule has 1 heterocycles. The van der Waals surface area contributed by atoms with Crippen LogP contribution in [0.5, 0.6) is 0 Å². The molecule has 0 radical (unpaired) electrons. The fraction of sp³-hybridized carbons (Fsp3) is 0.579. The molecule has 1 aromatic rings. The average Bonchev–Trinajstić information content (AvgIpc) is 2.53. The molecular weight excluding hydrogens is 354 g/mol. The van der Waals surface area contributed by atoms with Gasteiger partial charge in [-0.3, -0.25) is 4.79 Å². The molecule has 26 heavy (non-hydrogen) atoms. The highest BCUT2D eigenvalue weighted by Gasteiger charge is 2.30. The van der Waals surface area contributed by atoms with Crippen LogP contribution in [-0.2, 0) is 9.53 Å². The van der Waals surface area contributed by atoms with Gasteiger partial charge in [0.15, 0.2) is 0 Å². The first-order valence-electron chi connectivity index (χ1n) is 8.82. The number of nitrogens with one attached hydrogen (secondary N) is 1. The molecule has 1 saturated heterocycles. The fourth-order valence-corrected chi connectivity index (χ4v) is 3.06. The van der Waals surface area contributed by atoms with Crippen molar-refractivity contribution in [3.8, 4) is 0 Å². The monoisotopic (exact) mass is 381 g/mol. The summed E-state index contributed by atoms with van der Waals surface area (Å²) in [5.41, 5.74) is 1.08. The quantitative estimate of drug-likeness (QED) is 0.859. The smallest absolute Gasteiger partial charge is 0.410 e. The van der Waals surface area contributed by atoms with E-state index in [1.807, 2.05) is 45.8 Å². The van der Waals surface area contributed by atoms with Crippen LogP contribution in [-0.4, -0.2) is 49.7 Å². The van der Waals surface area contributed by atoms with Gasteiger partial charge in [0.05, 0.1) is 11.4 Å². The maximum absolute atomic E-state index is 12.7. The van der Waals surface area contributed by atoms with Crippen LogP contribution in [0.3, 0.4) is 0 Å². The van der Waals surface area contributed by atoms with Crippen molar-refractivity contribution >= 4 is 35.0 Å². The van der Waals surface area contributed by atoms with Gasteiger partial charge in [0.2, 0.25) is 5.91 Å². The minimum Gasteiger partial charge on any atom is -0.444 e. The molecule has 0 spiro atoms. The van der Waals surface area contributed by atoms with E-state index in [4.69, 9.17) is 16.3 Å². The van der Waals surface area contributed by atoms with Gasteiger partial charge in [-0.25, -0.2) is 4.79 Å². The number of anilines is 2. The van der Waals surface area contributed by atoms with Crippen molar-refractivity contribution < 1.29 is 14.3 Å². The van der Waals surface area contributed by atoms with Crippen molar-refractivity contribution in [2.24, 2.45) is 5.92 Å². The lowest BCUT2D eigenvalue weighted by molar-refractivity contribution is -0.121. The molecule has 0 atom stereocenters. The third-order valence-corrected chi connectivity index (χ3v) is 4.45. The van der Waals surface area contributed by atoms with E-state index in [1.165, 1.54) is 0 Å². The number of benzene rings is 1. The van der Waals surface area contributed by atoms with Crippen LogP contribution in [0.2, 0.25) is 5.02 Å². The van der Waals surface area contributed by atoms with Crippen LogP contribution in [0.4, 0.5) is 16.2 Å². The molecule has 6 nitrogen and oxygen atoms in total. The maximum Gasteiger partial charge on any atom is 0.410 e. The van der Waals surface area contributed by atoms with Crippen molar-refractivity contribution in [3.05, 3.63) is 23.2 Å². The van der Waals surface area contributed by atoms with Gasteiger partial charge in [0.1, 0.15) is 5.60 Å². The lowest BCUT2D eigenvalue weighted by Gasteiger charge is -2.33. The molecule has 1 N–H and O–H groups in total. The first kappa shape index (κ1) is 20.4. The van der Waals surface area contributed by atoms with Gasteiger partial charge in [0, 0.05) is 38.1 Å². The summed E-state index contributed by atoms with van der Waals surface area (Å²) in [6.07, 6.45) is 0.910. The highest BCUT2D eigenvalue weighted by molar-refractivity contribution is 6.31. The van der Waals surface area contributed by atoms with Crippen molar-refractivity contribution in [2.75, 3.05) is 37.4 Å². The van der Waals surface area contributed by atoms with Crippen LogP contribution in [0.15, 0.2) is 18.2 Å². The Balaban J connectivity index is 1.95. The molecule has 144 valence electrons. The van der Waals surface area contributed by atoms with Crippen LogP contribution in [0.1, 0.15) is 33.6 Å². The fourth-order valence-electron chi connectivity index (χ4n) is 2.88. The van der Waals surface area contributed by atoms with E-state index >= 15 is 0 Å². The molecule has 2 rings (SSSR count). The van der Waals surface area contributed by atoms with E-state index in [2.05, 4.69) is 5.32 Å². The molecule has 0 unspecified atom stereocenters. The lowest BCUT2D eigenvalue weighted by atomic mass is 9.96. The predicted octanol–water partition coefficient (Wildman–Crippen LogP) is 3.99. The Bertz CT molecular complexity index is 662. The number of piperidine rings is 1. The van der Waals surface area contributed by atoms with Crippen LogP contribution in [0, 0.1) is 5.92 Å². The zero-order valence-corrected chi connectivity index (χ0v) is 16.9. The van der Waals surface area contributed by atoms with Gasteiger partial charge in [-0.2, -0.15) is 0 Å². The Hall–Kier alpha value is -1.95. The summed E-state index contributed by atoms with van der Waals surface area (Å²) in [5.74, 6) is -0.179. The SMILES string of the molecule is CN(C)c1ccc(Cl)cc1NC(=O)C1CCN(C(=O)OC(C)(C)C)CC1. The summed E-state index contributed by atoms with van der Waals surface area (Å²) in [7, 11) is 3.83. The summed E-state index contributed by atoms with van der Waals surface area (Å²) >= 11 is 6.07. The van der Waals surface area contributed by atoms with E-state index in [1.54, 1.807) is 17.0 Å². The van der Waals surface area contributed by atoms with Crippen LogP contribution < -0.4 is 10.2 Å². The second kappa shape index (κ2) is 8.16. The molecule has 2 amide bonds. The van der Waals surface area contributed by atoms with Crippen LogP contribution in [0.25, 0.3) is 0 Å². The lowest BCUT2D eigenvalue weighted by Crippen LogP contribution is -2.43. The third-order valence-electron chi connectivity index (χ3n) is 4.22. The topological polar surface area (TPSA) is 61.9 Å². The highest BCUT2D eigenvalue weighted by Crippen LogP contribution is 2.29. The van der Waals surface area contributed by atoms with E-state index in [0.717, 1.165) is 5.69 Å². The number of carbonyl (C=O) groups is 2. The Morgan fingerprint density at radius 2 is 1.85 bits per heavy atom. The second-order valence-electron chi connectivity index (χ2n) is 7.79. The minimum atomic E-state index is -0.513. The van der Waals surface area contributed by atoms with Crippen molar-refractivity contribution in [2.45, 2.75) is 39.2 Å². The number of halogens is 1. The number of hydrogen-bond donors (Lipinski definition) is 1. The Kier molecular flexibility index (Phi) is 6.39. The normalized spacial score (nSPS) is 15.5. The highest BCUT2D eigenvalue weighted by atomic mass is 35.5. The molecule has 1 aliphatic heterocycles. The van der Waals surface area contributed by atoms with Crippen LogP contribution >= 0.6 is 11.6 Å². The number of ether oxygens (including phenoxy) is 1. The number of hydrogen-bond acceptors (Lipinski definition) is 4. The Morgan fingerprint density at radius 3 is 2.38 bits per heavy atom. The molecular formula is C19H28ClN3O3. The molecule has 0 aliphatic carbocycles. The van der Waals surface area contributed by atoms with E-state index in [0.29, 0.717) is 36.6 Å².